The van der Waals surface area contributed by atoms with Gasteiger partial charge in [-0.15, -0.1) is 11.8 Å². The van der Waals surface area contributed by atoms with E-state index in [0.29, 0.717) is 6.61 Å². The molecule has 0 unspecified atom stereocenters. The number of anilines is 1. The summed E-state index contributed by atoms with van der Waals surface area (Å²) in [6, 6.07) is 6.59. The Hall–Kier alpha value is -0.670. The molecule has 3 rings (SSSR count). The van der Waals surface area contributed by atoms with Gasteiger partial charge in [-0.2, -0.15) is 0 Å². The predicted octanol–water partition coefficient (Wildman–Crippen LogP) is 2.23. The highest BCUT2D eigenvalue weighted by Gasteiger charge is 2.43. The Labute approximate surface area is 94.1 Å². The van der Waals surface area contributed by atoms with Crippen LogP contribution in [0.4, 0.5) is 5.69 Å². The summed E-state index contributed by atoms with van der Waals surface area (Å²) in [4.78, 5) is 1.35. The zero-order valence-corrected chi connectivity index (χ0v) is 9.44. The quantitative estimate of drug-likeness (QED) is 0.803. The van der Waals surface area contributed by atoms with Crippen LogP contribution in [0.15, 0.2) is 23.1 Å². The van der Waals surface area contributed by atoms with Crippen molar-refractivity contribution in [2.24, 2.45) is 0 Å². The van der Waals surface area contributed by atoms with Gasteiger partial charge in [0.1, 0.15) is 0 Å². The number of benzene rings is 1. The van der Waals surface area contributed by atoms with E-state index in [0.717, 1.165) is 25.1 Å². The summed E-state index contributed by atoms with van der Waals surface area (Å²) in [5, 5.41) is 12.8. The third-order valence-electron chi connectivity index (χ3n) is 3.43. The Balaban J connectivity index is 1.97. The van der Waals surface area contributed by atoms with Crippen molar-refractivity contribution in [2.75, 3.05) is 24.2 Å². The van der Waals surface area contributed by atoms with Gasteiger partial charge in [0.25, 0.3) is 0 Å². The number of aliphatic hydroxyl groups excluding tert-OH is 1. The standard InChI is InChI=1S/C12H15NOS/c14-8-12(3-4-12)9-1-2-10-11(7-9)15-6-5-13-10/h1-2,7,13-14H,3-6,8H2. The molecule has 1 aliphatic carbocycles. The van der Waals surface area contributed by atoms with Crippen molar-refractivity contribution in [3.63, 3.8) is 0 Å². The number of thioether (sulfide) groups is 1. The Morgan fingerprint density at radius 3 is 3.00 bits per heavy atom. The summed E-state index contributed by atoms with van der Waals surface area (Å²) < 4.78 is 0. The van der Waals surface area contributed by atoms with Crippen molar-refractivity contribution in [2.45, 2.75) is 23.2 Å². The van der Waals surface area contributed by atoms with Crippen molar-refractivity contribution >= 4 is 17.4 Å². The van der Waals surface area contributed by atoms with Crippen molar-refractivity contribution in [3.8, 4) is 0 Å². The molecule has 1 fully saturated rings. The smallest absolute Gasteiger partial charge is 0.0527 e. The van der Waals surface area contributed by atoms with Crippen molar-refractivity contribution in [1.29, 1.82) is 0 Å². The third-order valence-corrected chi connectivity index (χ3v) is 4.48. The summed E-state index contributed by atoms with van der Waals surface area (Å²) in [5.74, 6) is 1.14. The van der Waals surface area contributed by atoms with Gasteiger partial charge in [0, 0.05) is 28.3 Å². The highest BCUT2D eigenvalue weighted by molar-refractivity contribution is 7.99. The van der Waals surface area contributed by atoms with Crippen molar-refractivity contribution in [3.05, 3.63) is 23.8 Å². The zero-order chi connectivity index (χ0) is 10.3. The first-order valence-corrected chi connectivity index (χ1v) is 6.45. The maximum atomic E-state index is 9.39. The molecule has 0 bridgehead atoms. The fraction of sp³-hybridized carbons (Fsp3) is 0.500. The highest BCUT2D eigenvalue weighted by atomic mass is 32.2. The molecule has 0 radical (unpaired) electrons. The first kappa shape index (κ1) is 9.55. The molecule has 80 valence electrons. The summed E-state index contributed by atoms with van der Waals surface area (Å²) in [6.07, 6.45) is 2.28. The van der Waals surface area contributed by atoms with Crippen LogP contribution < -0.4 is 5.32 Å². The maximum Gasteiger partial charge on any atom is 0.0527 e. The van der Waals surface area contributed by atoms with Gasteiger partial charge in [0.15, 0.2) is 0 Å². The Kier molecular flexibility index (Phi) is 2.18. The molecule has 3 heteroatoms. The average molecular weight is 221 g/mol. The normalized spacial score (nSPS) is 21.7. The topological polar surface area (TPSA) is 32.3 Å². The third kappa shape index (κ3) is 1.54. The number of hydrogen-bond donors (Lipinski definition) is 2. The van der Waals surface area contributed by atoms with E-state index in [1.807, 2.05) is 11.8 Å². The molecule has 0 saturated heterocycles. The van der Waals surface area contributed by atoms with Crippen LogP contribution in [0.3, 0.4) is 0 Å². The molecule has 1 aromatic rings. The van der Waals surface area contributed by atoms with Crippen molar-refractivity contribution < 1.29 is 5.11 Å². The summed E-state index contributed by atoms with van der Waals surface area (Å²) in [6.45, 7) is 1.35. The molecule has 0 atom stereocenters. The van der Waals surface area contributed by atoms with E-state index in [2.05, 4.69) is 23.5 Å². The number of aliphatic hydroxyl groups is 1. The van der Waals surface area contributed by atoms with Gasteiger partial charge in [0.05, 0.1) is 6.61 Å². The molecule has 0 amide bonds. The fourth-order valence-corrected chi connectivity index (χ4v) is 3.08. The molecule has 15 heavy (non-hydrogen) atoms. The molecule has 1 aliphatic heterocycles. The molecule has 0 aromatic heterocycles. The lowest BCUT2D eigenvalue weighted by Crippen LogP contribution is -2.14. The van der Waals surface area contributed by atoms with E-state index in [4.69, 9.17) is 0 Å². The molecule has 2 N–H and O–H groups in total. The molecular weight excluding hydrogens is 206 g/mol. The molecule has 1 saturated carbocycles. The molecule has 1 heterocycles. The second kappa shape index (κ2) is 3.42. The molecule has 0 spiro atoms. The van der Waals surface area contributed by atoms with Crippen LogP contribution in [0.25, 0.3) is 0 Å². The Morgan fingerprint density at radius 2 is 2.27 bits per heavy atom. The van der Waals surface area contributed by atoms with Gasteiger partial charge < -0.3 is 10.4 Å². The Bertz CT molecular complexity index is 387. The van der Waals surface area contributed by atoms with E-state index in [9.17, 15) is 5.11 Å². The van der Waals surface area contributed by atoms with Gasteiger partial charge in [-0.25, -0.2) is 0 Å². The largest absolute Gasteiger partial charge is 0.395 e. The summed E-state index contributed by atoms with van der Waals surface area (Å²) >= 11 is 1.91. The second-order valence-electron chi connectivity index (χ2n) is 4.42. The molecule has 1 aromatic carbocycles. The van der Waals surface area contributed by atoms with E-state index in [-0.39, 0.29) is 5.41 Å². The predicted molar refractivity (Wildman–Crippen MR) is 63.7 cm³/mol. The highest BCUT2D eigenvalue weighted by Crippen LogP contribution is 2.49. The van der Waals surface area contributed by atoms with Gasteiger partial charge in [-0.05, 0) is 30.5 Å². The summed E-state index contributed by atoms with van der Waals surface area (Å²) in [5.41, 5.74) is 2.68. The van der Waals surface area contributed by atoms with E-state index in [1.54, 1.807) is 0 Å². The maximum absolute atomic E-state index is 9.39. The SMILES string of the molecule is OCC1(c2ccc3c(c2)SCCN3)CC1. The lowest BCUT2D eigenvalue weighted by Gasteiger charge is -2.20. The van der Waals surface area contributed by atoms with Crippen LogP contribution in [0, 0.1) is 0 Å². The van der Waals surface area contributed by atoms with Gasteiger partial charge >= 0.3 is 0 Å². The first-order chi connectivity index (χ1) is 7.34. The fourth-order valence-electron chi connectivity index (χ4n) is 2.15. The molecule has 2 aliphatic rings. The number of hydrogen-bond acceptors (Lipinski definition) is 3. The minimum Gasteiger partial charge on any atom is -0.395 e. The Morgan fingerprint density at radius 1 is 1.40 bits per heavy atom. The van der Waals surface area contributed by atoms with Gasteiger partial charge in [-0.1, -0.05) is 6.07 Å². The van der Waals surface area contributed by atoms with Crippen LogP contribution in [-0.4, -0.2) is 24.0 Å². The van der Waals surface area contributed by atoms with E-state index < -0.39 is 0 Å². The average Bonchev–Trinajstić information content (AvgIpc) is 3.09. The lowest BCUT2D eigenvalue weighted by molar-refractivity contribution is 0.255. The lowest BCUT2D eigenvalue weighted by atomic mass is 9.97. The first-order valence-electron chi connectivity index (χ1n) is 5.46. The number of rotatable bonds is 2. The monoisotopic (exact) mass is 221 g/mol. The van der Waals surface area contributed by atoms with Crippen LogP contribution in [0.2, 0.25) is 0 Å². The minimum atomic E-state index is 0.104. The van der Waals surface area contributed by atoms with Crippen molar-refractivity contribution in [1.82, 2.24) is 0 Å². The number of fused-ring (bicyclic) bond motifs is 1. The number of nitrogens with one attached hydrogen (secondary N) is 1. The second-order valence-corrected chi connectivity index (χ2v) is 5.56. The van der Waals surface area contributed by atoms with Crippen LogP contribution in [-0.2, 0) is 5.41 Å². The minimum absolute atomic E-state index is 0.104. The molecular formula is C12H15NOS. The van der Waals surface area contributed by atoms with E-state index >= 15 is 0 Å². The zero-order valence-electron chi connectivity index (χ0n) is 8.62. The van der Waals surface area contributed by atoms with Crippen LogP contribution >= 0.6 is 11.8 Å². The summed E-state index contributed by atoms with van der Waals surface area (Å²) in [7, 11) is 0. The van der Waals surface area contributed by atoms with E-state index in [1.165, 1.54) is 16.1 Å². The van der Waals surface area contributed by atoms with Crippen LogP contribution in [0.1, 0.15) is 18.4 Å². The molecule has 2 nitrogen and oxygen atoms in total. The van der Waals surface area contributed by atoms with Gasteiger partial charge in [0.2, 0.25) is 0 Å². The van der Waals surface area contributed by atoms with Gasteiger partial charge in [-0.3, -0.25) is 0 Å². The van der Waals surface area contributed by atoms with Crippen LogP contribution in [0.5, 0.6) is 0 Å².